The molecule has 9 heteroatoms. The number of hydrogen-bond acceptors (Lipinski definition) is 7. The lowest BCUT2D eigenvalue weighted by Gasteiger charge is -2.24. The summed E-state index contributed by atoms with van der Waals surface area (Å²) < 4.78 is 5.53. The Morgan fingerprint density at radius 2 is 1.89 bits per heavy atom. The molecule has 0 radical (unpaired) electrons. The lowest BCUT2D eigenvalue weighted by atomic mass is 10.1. The molecule has 1 amide bonds. The van der Waals surface area contributed by atoms with Gasteiger partial charge >= 0.3 is 0 Å². The predicted octanol–water partition coefficient (Wildman–Crippen LogP) is 4.36. The minimum absolute atomic E-state index is 0.0321. The highest BCUT2D eigenvalue weighted by Crippen LogP contribution is 2.34. The zero-order chi connectivity index (χ0) is 24.4. The molecule has 1 saturated heterocycles. The van der Waals surface area contributed by atoms with Crippen molar-refractivity contribution in [2.24, 2.45) is 0 Å². The number of benzene rings is 1. The molecule has 35 heavy (non-hydrogen) atoms. The summed E-state index contributed by atoms with van der Waals surface area (Å²) in [5, 5.41) is 7.93. The van der Waals surface area contributed by atoms with Crippen molar-refractivity contribution in [2.75, 3.05) is 37.9 Å². The van der Waals surface area contributed by atoms with Gasteiger partial charge in [-0.05, 0) is 61.2 Å². The largest absolute Gasteiger partial charge is 0.381 e. The monoisotopic (exact) mass is 471 g/mol. The van der Waals surface area contributed by atoms with Crippen LogP contribution in [0.1, 0.15) is 28.8 Å². The van der Waals surface area contributed by atoms with Gasteiger partial charge in [0, 0.05) is 68.8 Å². The molecule has 3 N–H and O–H groups in total. The van der Waals surface area contributed by atoms with Crippen molar-refractivity contribution in [3.05, 3.63) is 60.0 Å². The first-order valence-electron chi connectivity index (χ1n) is 11.7. The molecule has 0 atom stereocenters. The lowest BCUT2D eigenvalue weighted by Crippen LogP contribution is -2.28. The maximum absolute atomic E-state index is 12.3. The zero-order valence-electron chi connectivity index (χ0n) is 20.1. The maximum Gasteiger partial charge on any atom is 0.253 e. The van der Waals surface area contributed by atoms with Crippen LogP contribution in [0.15, 0.2) is 48.9 Å². The molecule has 1 aliphatic rings. The number of rotatable bonds is 6. The number of nitrogens with zero attached hydrogens (tertiary/aromatic N) is 4. The number of H-pyrrole nitrogens is 1. The van der Waals surface area contributed by atoms with Crippen LogP contribution in [0, 0.1) is 6.92 Å². The highest BCUT2D eigenvalue weighted by atomic mass is 16.5. The molecule has 5 rings (SSSR count). The van der Waals surface area contributed by atoms with E-state index >= 15 is 0 Å². The van der Waals surface area contributed by atoms with Crippen LogP contribution in [0.25, 0.3) is 22.2 Å². The fourth-order valence-corrected chi connectivity index (χ4v) is 4.30. The summed E-state index contributed by atoms with van der Waals surface area (Å²) in [5.74, 6) is 1.22. The Kier molecular flexibility index (Phi) is 6.33. The van der Waals surface area contributed by atoms with E-state index < -0.39 is 0 Å². The van der Waals surface area contributed by atoms with Gasteiger partial charge in [0.15, 0.2) is 0 Å². The fraction of sp³-hybridized carbons (Fsp3) is 0.308. The standard InChI is InChI=1S/C26H29N7O2/c1-16-14-18(25(34)33(2)3)4-5-21(16)30-26-31-23-22(20(15-28-23)17-6-10-27-11-7-17)24(32-26)29-19-8-12-35-13-9-19/h4-7,10-11,14-15,19H,8-9,12-13H2,1-3H3,(H3,28,29,30,31,32). The van der Waals surface area contributed by atoms with Crippen LogP contribution < -0.4 is 10.6 Å². The fourth-order valence-electron chi connectivity index (χ4n) is 4.30. The number of anilines is 3. The van der Waals surface area contributed by atoms with Crippen molar-refractivity contribution < 1.29 is 9.53 Å². The van der Waals surface area contributed by atoms with Crippen LogP contribution in [0.5, 0.6) is 0 Å². The number of carbonyl (C=O) groups excluding carboxylic acids is 1. The van der Waals surface area contributed by atoms with Crippen molar-refractivity contribution in [1.82, 2.24) is 24.8 Å². The summed E-state index contributed by atoms with van der Waals surface area (Å²) in [7, 11) is 3.49. The third kappa shape index (κ3) is 4.81. The van der Waals surface area contributed by atoms with E-state index in [1.165, 1.54) is 0 Å². The Morgan fingerprint density at radius 3 is 2.60 bits per heavy atom. The van der Waals surface area contributed by atoms with E-state index in [0.29, 0.717) is 11.5 Å². The average molecular weight is 472 g/mol. The van der Waals surface area contributed by atoms with Crippen LogP contribution in [-0.2, 0) is 4.74 Å². The van der Waals surface area contributed by atoms with E-state index in [1.807, 2.05) is 43.5 Å². The number of aryl methyl sites for hydroxylation is 1. The van der Waals surface area contributed by atoms with Gasteiger partial charge in [-0.25, -0.2) is 0 Å². The van der Waals surface area contributed by atoms with Crippen molar-refractivity contribution in [1.29, 1.82) is 0 Å². The number of hydrogen-bond donors (Lipinski definition) is 3. The van der Waals surface area contributed by atoms with Crippen molar-refractivity contribution in [2.45, 2.75) is 25.8 Å². The van der Waals surface area contributed by atoms with Gasteiger partial charge in [0.1, 0.15) is 11.5 Å². The van der Waals surface area contributed by atoms with E-state index in [0.717, 1.165) is 65.3 Å². The second-order valence-corrected chi connectivity index (χ2v) is 8.94. The zero-order valence-corrected chi connectivity index (χ0v) is 20.1. The molecular weight excluding hydrogens is 442 g/mol. The summed E-state index contributed by atoms with van der Waals surface area (Å²) in [6.45, 7) is 3.43. The van der Waals surface area contributed by atoms with Gasteiger partial charge in [-0.15, -0.1) is 0 Å². The highest BCUT2D eigenvalue weighted by Gasteiger charge is 2.20. The lowest BCUT2D eigenvalue weighted by molar-refractivity contribution is 0.0827. The first-order chi connectivity index (χ1) is 17.0. The number of fused-ring (bicyclic) bond motifs is 1. The summed E-state index contributed by atoms with van der Waals surface area (Å²) in [4.78, 5) is 31.0. The number of nitrogens with one attached hydrogen (secondary N) is 3. The van der Waals surface area contributed by atoms with E-state index in [2.05, 4.69) is 20.6 Å². The van der Waals surface area contributed by atoms with E-state index in [9.17, 15) is 4.79 Å². The molecule has 1 fully saturated rings. The number of aromatic amines is 1. The van der Waals surface area contributed by atoms with E-state index in [4.69, 9.17) is 14.7 Å². The third-order valence-corrected chi connectivity index (χ3v) is 6.21. The summed E-state index contributed by atoms with van der Waals surface area (Å²) in [6, 6.07) is 9.81. The number of pyridine rings is 1. The minimum Gasteiger partial charge on any atom is -0.381 e. The van der Waals surface area contributed by atoms with Crippen LogP contribution in [-0.4, -0.2) is 64.1 Å². The van der Waals surface area contributed by atoms with Crippen LogP contribution in [0.4, 0.5) is 17.5 Å². The van der Waals surface area contributed by atoms with Gasteiger partial charge in [-0.2, -0.15) is 9.97 Å². The Hall–Kier alpha value is -3.98. The van der Waals surface area contributed by atoms with E-state index in [1.54, 1.807) is 31.4 Å². The number of ether oxygens (including phenoxy) is 1. The molecule has 4 aromatic rings. The molecule has 1 aliphatic heterocycles. The van der Waals surface area contributed by atoms with Gasteiger partial charge in [-0.1, -0.05) is 0 Å². The van der Waals surface area contributed by atoms with Gasteiger partial charge in [-0.3, -0.25) is 9.78 Å². The molecule has 0 bridgehead atoms. The normalized spacial score (nSPS) is 14.1. The molecule has 9 nitrogen and oxygen atoms in total. The van der Waals surface area contributed by atoms with Crippen molar-refractivity contribution >= 4 is 34.4 Å². The first kappa shape index (κ1) is 22.8. The second-order valence-electron chi connectivity index (χ2n) is 8.94. The molecule has 180 valence electrons. The minimum atomic E-state index is -0.0321. The van der Waals surface area contributed by atoms with E-state index in [-0.39, 0.29) is 11.9 Å². The second kappa shape index (κ2) is 9.71. The molecule has 0 spiro atoms. The van der Waals surface area contributed by atoms with Gasteiger partial charge in [0.2, 0.25) is 5.95 Å². The maximum atomic E-state index is 12.3. The Bertz CT molecular complexity index is 1340. The van der Waals surface area contributed by atoms with Crippen LogP contribution >= 0.6 is 0 Å². The topological polar surface area (TPSA) is 108 Å². The molecular formula is C26H29N7O2. The van der Waals surface area contributed by atoms with Crippen molar-refractivity contribution in [3.8, 4) is 11.1 Å². The quantitative estimate of drug-likeness (QED) is 0.383. The molecule has 0 aliphatic carbocycles. The molecule has 3 aromatic heterocycles. The number of amides is 1. The summed E-state index contributed by atoms with van der Waals surface area (Å²) in [6.07, 6.45) is 7.36. The molecule has 0 saturated carbocycles. The van der Waals surface area contributed by atoms with Gasteiger partial charge < -0.3 is 25.3 Å². The number of aromatic nitrogens is 4. The Morgan fingerprint density at radius 1 is 1.11 bits per heavy atom. The predicted molar refractivity (Wildman–Crippen MR) is 137 cm³/mol. The summed E-state index contributed by atoms with van der Waals surface area (Å²) in [5.41, 5.74) is 5.22. The molecule has 4 heterocycles. The third-order valence-electron chi connectivity index (χ3n) is 6.21. The molecule has 1 aromatic carbocycles. The van der Waals surface area contributed by atoms with Crippen LogP contribution in [0.2, 0.25) is 0 Å². The Labute approximate surface area is 204 Å². The van der Waals surface area contributed by atoms with Crippen molar-refractivity contribution in [3.63, 3.8) is 0 Å². The Balaban J connectivity index is 1.52. The molecule has 0 unspecified atom stereocenters. The average Bonchev–Trinajstić information content (AvgIpc) is 3.30. The van der Waals surface area contributed by atoms with Gasteiger partial charge in [0.05, 0.1) is 5.39 Å². The summed E-state index contributed by atoms with van der Waals surface area (Å²) >= 11 is 0. The van der Waals surface area contributed by atoms with Crippen LogP contribution in [0.3, 0.4) is 0 Å². The smallest absolute Gasteiger partial charge is 0.253 e. The first-order valence-corrected chi connectivity index (χ1v) is 11.7. The highest BCUT2D eigenvalue weighted by molar-refractivity contribution is 6.01. The SMILES string of the molecule is Cc1cc(C(=O)N(C)C)ccc1Nc1nc(NC2CCOCC2)c2c(-c3ccncc3)c[nH]c2n1. The number of carbonyl (C=O) groups is 1. The van der Waals surface area contributed by atoms with Gasteiger partial charge in [0.25, 0.3) is 5.91 Å².